The molecule has 0 radical (unpaired) electrons. The summed E-state index contributed by atoms with van der Waals surface area (Å²) in [5.41, 5.74) is 5.71. The minimum atomic E-state index is -3.61. The maximum absolute atomic E-state index is 12.7. The standard InChI is InChI=1S/C16H20N2O3S.ClH/c1-21-15-8-9-16(13-5-3-2-4-12(13)15)22(19,20)18-14(10-17)11-6-7-11;/h2-5,8-9,11,14,18H,6-7,10,17H2,1H3;1H. The molecule has 1 unspecified atom stereocenters. The van der Waals surface area contributed by atoms with E-state index in [2.05, 4.69) is 4.72 Å². The highest BCUT2D eigenvalue weighted by Gasteiger charge is 2.33. The Bertz CT molecular complexity index is 791. The van der Waals surface area contributed by atoms with Crippen molar-refractivity contribution in [2.75, 3.05) is 13.7 Å². The number of nitrogens with two attached hydrogens (primary N) is 1. The Hall–Kier alpha value is -1.34. The van der Waals surface area contributed by atoms with Crippen LogP contribution in [0.3, 0.4) is 0 Å². The highest BCUT2D eigenvalue weighted by atomic mass is 35.5. The summed E-state index contributed by atoms with van der Waals surface area (Å²) in [5, 5.41) is 1.43. The molecule has 5 nitrogen and oxygen atoms in total. The van der Waals surface area contributed by atoms with E-state index in [1.54, 1.807) is 25.3 Å². The van der Waals surface area contributed by atoms with E-state index < -0.39 is 10.0 Å². The van der Waals surface area contributed by atoms with Gasteiger partial charge in [-0.1, -0.05) is 24.3 Å². The largest absolute Gasteiger partial charge is 0.496 e. The molecule has 1 saturated carbocycles. The van der Waals surface area contributed by atoms with Crippen LogP contribution in [0.25, 0.3) is 10.8 Å². The average Bonchev–Trinajstić information content (AvgIpc) is 3.36. The number of sulfonamides is 1. The summed E-state index contributed by atoms with van der Waals surface area (Å²) in [7, 11) is -2.04. The molecule has 1 aliphatic rings. The number of hydrogen-bond donors (Lipinski definition) is 2. The van der Waals surface area contributed by atoms with Crippen LogP contribution in [0.15, 0.2) is 41.3 Å². The fourth-order valence-electron chi connectivity index (χ4n) is 2.75. The van der Waals surface area contributed by atoms with Crippen molar-refractivity contribution in [1.29, 1.82) is 0 Å². The van der Waals surface area contributed by atoms with E-state index in [0.29, 0.717) is 23.6 Å². The van der Waals surface area contributed by atoms with E-state index in [0.717, 1.165) is 18.2 Å². The first kappa shape index (κ1) is 18.0. The fraction of sp³-hybridized carbons (Fsp3) is 0.375. The molecule has 2 aromatic rings. The molecule has 1 aliphatic carbocycles. The smallest absolute Gasteiger partial charge is 0.241 e. The van der Waals surface area contributed by atoms with Gasteiger partial charge in [0.05, 0.1) is 12.0 Å². The van der Waals surface area contributed by atoms with Gasteiger partial charge in [-0.2, -0.15) is 0 Å². The van der Waals surface area contributed by atoms with Crippen LogP contribution in [0.4, 0.5) is 0 Å². The average molecular weight is 357 g/mol. The van der Waals surface area contributed by atoms with Crippen molar-refractivity contribution >= 4 is 33.2 Å². The van der Waals surface area contributed by atoms with Gasteiger partial charge >= 0.3 is 0 Å². The van der Waals surface area contributed by atoms with Crippen LogP contribution in [-0.2, 0) is 10.0 Å². The van der Waals surface area contributed by atoms with Gasteiger partial charge in [0.2, 0.25) is 10.0 Å². The number of methoxy groups -OCH3 is 1. The van der Waals surface area contributed by atoms with Gasteiger partial charge in [0.15, 0.2) is 0 Å². The summed E-state index contributed by atoms with van der Waals surface area (Å²) in [6, 6.07) is 10.4. The second-order valence-electron chi connectivity index (χ2n) is 5.61. The number of hydrogen-bond acceptors (Lipinski definition) is 4. The van der Waals surface area contributed by atoms with Gasteiger partial charge in [-0.3, -0.25) is 0 Å². The third kappa shape index (κ3) is 3.61. The molecule has 2 aromatic carbocycles. The minimum absolute atomic E-state index is 0. The van der Waals surface area contributed by atoms with Crippen molar-refractivity contribution in [1.82, 2.24) is 4.72 Å². The molecule has 0 saturated heterocycles. The molecule has 23 heavy (non-hydrogen) atoms. The lowest BCUT2D eigenvalue weighted by Crippen LogP contribution is -2.41. The number of fused-ring (bicyclic) bond motifs is 1. The Morgan fingerprint density at radius 1 is 1.22 bits per heavy atom. The summed E-state index contributed by atoms with van der Waals surface area (Å²) in [5.74, 6) is 1.02. The number of ether oxygens (including phenoxy) is 1. The lowest BCUT2D eigenvalue weighted by Gasteiger charge is -2.17. The van der Waals surface area contributed by atoms with Gasteiger partial charge in [0.25, 0.3) is 0 Å². The number of rotatable bonds is 6. The van der Waals surface area contributed by atoms with E-state index in [-0.39, 0.29) is 23.3 Å². The number of halogens is 1. The highest BCUT2D eigenvalue weighted by molar-refractivity contribution is 7.89. The van der Waals surface area contributed by atoms with Crippen molar-refractivity contribution in [3.63, 3.8) is 0 Å². The Kier molecular flexibility index (Phi) is 5.52. The molecule has 1 atom stereocenters. The second kappa shape index (κ2) is 7.05. The van der Waals surface area contributed by atoms with Gasteiger partial charge in [-0.05, 0) is 30.9 Å². The lowest BCUT2D eigenvalue weighted by molar-refractivity contribution is 0.419. The molecule has 0 amide bonds. The third-order valence-corrected chi connectivity index (χ3v) is 5.65. The molecule has 0 aromatic heterocycles. The molecule has 7 heteroatoms. The van der Waals surface area contributed by atoms with E-state index in [9.17, 15) is 8.42 Å². The summed E-state index contributed by atoms with van der Waals surface area (Å²) >= 11 is 0. The zero-order valence-electron chi connectivity index (χ0n) is 12.9. The van der Waals surface area contributed by atoms with E-state index in [1.165, 1.54) is 0 Å². The van der Waals surface area contributed by atoms with Crippen molar-refractivity contribution in [3.8, 4) is 5.75 Å². The van der Waals surface area contributed by atoms with Crippen molar-refractivity contribution in [2.45, 2.75) is 23.8 Å². The zero-order chi connectivity index (χ0) is 15.7. The highest BCUT2D eigenvalue weighted by Crippen LogP contribution is 2.34. The summed E-state index contributed by atoms with van der Waals surface area (Å²) < 4.78 is 33.5. The predicted octanol–water partition coefficient (Wildman–Crippen LogP) is 2.29. The molecule has 0 spiro atoms. The van der Waals surface area contributed by atoms with Crippen molar-refractivity contribution in [3.05, 3.63) is 36.4 Å². The van der Waals surface area contributed by atoms with Crippen molar-refractivity contribution < 1.29 is 13.2 Å². The lowest BCUT2D eigenvalue weighted by atomic mass is 10.1. The topological polar surface area (TPSA) is 81.4 Å². The van der Waals surface area contributed by atoms with Crippen LogP contribution in [0, 0.1) is 5.92 Å². The van der Waals surface area contributed by atoms with Gasteiger partial charge < -0.3 is 10.5 Å². The first-order valence-corrected chi connectivity index (χ1v) is 8.83. The summed E-state index contributed by atoms with van der Waals surface area (Å²) in [6.45, 7) is 0.317. The molecule has 126 valence electrons. The fourth-order valence-corrected chi connectivity index (χ4v) is 4.28. The van der Waals surface area contributed by atoms with Gasteiger partial charge in [-0.25, -0.2) is 13.1 Å². The second-order valence-corrected chi connectivity index (χ2v) is 7.29. The van der Waals surface area contributed by atoms with E-state index >= 15 is 0 Å². The molecule has 1 fully saturated rings. The first-order valence-electron chi connectivity index (χ1n) is 7.35. The molecule has 0 heterocycles. The Morgan fingerprint density at radius 2 is 1.87 bits per heavy atom. The normalized spacial score (nSPS) is 15.9. The van der Waals surface area contributed by atoms with E-state index in [1.807, 2.05) is 18.2 Å². The Balaban J connectivity index is 0.00000192. The SMILES string of the molecule is COc1ccc(S(=O)(=O)NC(CN)C2CC2)c2ccccc12.Cl. The maximum Gasteiger partial charge on any atom is 0.241 e. The van der Waals surface area contributed by atoms with Crippen LogP contribution < -0.4 is 15.2 Å². The predicted molar refractivity (Wildman–Crippen MR) is 93.6 cm³/mol. The van der Waals surface area contributed by atoms with Crippen LogP contribution in [0.5, 0.6) is 5.75 Å². The molecular formula is C16H21ClN2O3S. The Labute approximate surface area is 142 Å². The Morgan fingerprint density at radius 3 is 2.43 bits per heavy atom. The van der Waals surface area contributed by atoms with Crippen LogP contribution in [0.1, 0.15) is 12.8 Å². The van der Waals surface area contributed by atoms with Crippen LogP contribution >= 0.6 is 12.4 Å². The van der Waals surface area contributed by atoms with Crippen LogP contribution in [-0.4, -0.2) is 28.1 Å². The van der Waals surface area contributed by atoms with Gasteiger partial charge in [0, 0.05) is 23.4 Å². The monoisotopic (exact) mass is 356 g/mol. The van der Waals surface area contributed by atoms with Crippen molar-refractivity contribution in [2.24, 2.45) is 11.7 Å². The number of benzene rings is 2. The molecule has 0 bridgehead atoms. The summed E-state index contributed by atoms with van der Waals surface area (Å²) in [6.07, 6.45) is 2.07. The van der Waals surface area contributed by atoms with Gasteiger partial charge in [0.1, 0.15) is 5.75 Å². The zero-order valence-corrected chi connectivity index (χ0v) is 14.5. The molecule has 0 aliphatic heterocycles. The first-order chi connectivity index (χ1) is 10.6. The van der Waals surface area contributed by atoms with E-state index in [4.69, 9.17) is 10.5 Å². The quantitative estimate of drug-likeness (QED) is 0.832. The van der Waals surface area contributed by atoms with Crippen LogP contribution in [0.2, 0.25) is 0 Å². The van der Waals surface area contributed by atoms with Gasteiger partial charge in [-0.15, -0.1) is 12.4 Å². The number of nitrogens with one attached hydrogen (secondary N) is 1. The molecule has 3 N–H and O–H groups in total. The molecular weight excluding hydrogens is 336 g/mol. The maximum atomic E-state index is 12.7. The summed E-state index contributed by atoms with van der Waals surface area (Å²) in [4.78, 5) is 0.267. The minimum Gasteiger partial charge on any atom is -0.496 e. The third-order valence-electron chi connectivity index (χ3n) is 4.10. The molecule has 3 rings (SSSR count).